The molecular weight excluding hydrogens is 343 g/mol. The van der Waals surface area contributed by atoms with Crippen LogP contribution in [0.25, 0.3) is 16.9 Å². The van der Waals surface area contributed by atoms with E-state index in [9.17, 15) is 13.2 Å². The van der Waals surface area contributed by atoms with Crippen molar-refractivity contribution >= 4 is 5.78 Å². The van der Waals surface area contributed by atoms with Crippen molar-refractivity contribution in [3.05, 3.63) is 84.2 Å². The summed E-state index contributed by atoms with van der Waals surface area (Å²) >= 11 is 0. The zero-order chi connectivity index (χ0) is 18.1. The van der Waals surface area contributed by atoms with Crippen molar-refractivity contribution in [3.63, 3.8) is 0 Å². The van der Waals surface area contributed by atoms with Crippen LogP contribution in [0.5, 0.6) is 5.75 Å². The summed E-state index contributed by atoms with van der Waals surface area (Å²) in [7, 11) is 0. The van der Waals surface area contributed by atoms with E-state index in [1.165, 1.54) is 30.5 Å². The number of benzene rings is 2. The predicted molar refractivity (Wildman–Crippen MR) is 89.1 cm³/mol. The Bertz CT molecular complexity index is 1090. The molecule has 0 aliphatic rings. The van der Waals surface area contributed by atoms with E-state index >= 15 is 0 Å². The van der Waals surface area contributed by atoms with Crippen molar-refractivity contribution < 1.29 is 17.9 Å². The fraction of sp³-hybridized carbons (Fsp3) is 0.0526. The maximum atomic E-state index is 13.9. The van der Waals surface area contributed by atoms with Crippen LogP contribution in [0.15, 0.2) is 61.1 Å². The molecular formula is C19H12F3N3O. The summed E-state index contributed by atoms with van der Waals surface area (Å²) in [4.78, 5) is 8.49. The van der Waals surface area contributed by atoms with Crippen LogP contribution in [-0.2, 0) is 6.61 Å². The van der Waals surface area contributed by atoms with E-state index in [1.807, 2.05) is 0 Å². The molecule has 2 heterocycles. The van der Waals surface area contributed by atoms with Crippen molar-refractivity contribution in [1.29, 1.82) is 0 Å². The maximum Gasteiger partial charge on any atom is 0.234 e. The third kappa shape index (κ3) is 3.23. The SMILES string of the molecule is Fc1cccc(OCc2cn3cc(-c4ccc(F)cc4F)cnc3n2)c1. The van der Waals surface area contributed by atoms with E-state index in [2.05, 4.69) is 9.97 Å². The number of nitrogens with zero attached hydrogens (tertiary/aromatic N) is 3. The van der Waals surface area contributed by atoms with Crippen LogP contribution in [-0.4, -0.2) is 14.4 Å². The molecule has 0 unspecified atom stereocenters. The minimum atomic E-state index is -0.666. The van der Waals surface area contributed by atoms with Gasteiger partial charge in [0.25, 0.3) is 0 Å². The molecule has 0 amide bonds. The predicted octanol–water partition coefficient (Wildman–Crippen LogP) is 4.39. The van der Waals surface area contributed by atoms with E-state index in [1.54, 1.807) is 28.9 Å². The van der Waals surface area contributed by atoms with Crippen LogP contribution in [0.3, 0.4) is 0 Å². The van der Waals surface area contributed by atoms with Crippen LogP contribution in [0.4, 0.5) is 13.2 Å². The average Bonchev–Trinajstić information content (AvgIpc) is 3.02. The highest BCUT2D eigenvalue weighted by molar-refractivity contribution is 5.63. The number of fused-ring (bicyclic) bond motifs is 1. The lowest BCUT2D eigenvalue weighted by atomic mass is 10.1. The third-order valence-corrected chi connectivity index (χ3v) is 3.78. The molecule has 0 N–H and O–H groups in total. The third-order valence-electron chi connectivity index (χ3n) is 3.78. The first-order chi connectivity index (χ1) is 12.6. The average molecular weight is 355 g/mol. The summed E-state index contributed by atoms with van der Waals surface area (Å²) in [6.07, 6.45) is 4.81. The van der Waals surface area contributed by atoms with Gasteiger partial charge in [0.1, 0.15) is 29.8 Å². The molecule has 0 saturated carbocycles. The first-order valence-electron chi connectivity index (χ1n) is 7.76. The number of halogens is 3. The lowest BCUT2D eigenvalue weighted by Gasteiger charge is -2.03. The zero-order valence-corrected chi connectivity index (χ0v) is 13.4. The van der Waals surface area contributed by atoms with Gasteiger partial charge in [0.2, 0.25) is 5.78 Å². The Hall–Kier alpha value is -3.35. The molecule has 4 nitrogen and oxygen atoms in total. The van der Waals surface area contributed by atoms with E-state index < -0.39 is 11.6 Å². The standard InChI is InChI=1S/C19H12F3N3O/c20-13-2-1-3-16(6-13)26-11-15-10-25-9-12(8-23-19(25)24-15)17-5-4-14(21)7-18(17)22/h1-10H,11H2. The maximum absolute atomic E-state index is 13.9. The van der Waals surface area contributed by atoms with E-state index in [0.29, 0.717) is 22.8 Å². The second kappa shape index (κ2) is 6.51. The minimum absolute atomic E-state index is 0.132. The van der Waals surface area contributed by atoms with Crippen molar-refractivity contribution in [2.75, 3.05) is 0 Å². The van der Waals surface area contributed by atoms with Gasteiger partial charge in [-0.3, -0.25) is 4.40 Å². The van der Waals surface area contributed by atoms with Crippen LogP contribution < -0.4 is 4.74 Å². The summed E-state index contributed by atoms with van der Waals surface area (Å²) in [5.41, 5.74) is 1.32. The molecule has 26 heavy (non-hydrogen) atoms. The highest BCUT2D eigenvalue weighted by Gasteiger charge is 2.10. The zero-order valence-electron chi connectivity index (χ0n) is 13.4. The first kappa shape index (κ1) is 16.1. The summed E-state index contributed by atoms with van der Waals surface area (Å²) in [6, 6.07) is 9.19. The first-order valence-corrected chi connectivity index (χ1v) is 7.76. The molecule has 4 aromatic rings. The Balaban J connectivity index is 1.59. The second-order valence-corrected chi connectivity index (χ2v) is 5.65. The number of ether oxygens (including phenoxy) is 1. The molecule has 0 radical (unpaired) electrons. The summed E-state index contributed by atoms with van der Waals surface area (Å²) in [5, 5.41) is 0. The van der Waals surface area contributed by atoms with Crippen molar-refractivity contribution in [3.8, 4) is 16.9 Å². The van der Waals surface area contributed by atoms with Gasteiger partial charge in [-0.05, 0) is 24.3 Å². The molecule has 0 spiro atoms. The van der Waals surface area contributed by atoms with Gasteiger partial charge in [0.05, 0.1) is 5.69 Å². The molecule has 130 valence electrons. The molecule has 0 aliphatic heterocycles. The van der Waals surface area contributed by atoms with Gasteiger partial charge in [0.15, 0.2) is 0 Å². The number of hydrogen-bond acceptors (Lipinski definition) is 3. The van der Waals surface area contributed by atoms with Gasteiger partial charge < -0.3 is 4.74 Å². The lowest BCUT2D eigenvalue weighted by Crippen LogP contribution is -1.95. The van der Waals surface area contributed by atoms with Gasteiger partial charge in [-0.25, -0.2) is 23.1 Å². The van der Waals surface area contributed by atoms with E-state index in [-0.39, 0.29) is 18.0 Å². The summed E-state index contributed by atoms with van der Waals surface area (Å²) < 4.78 is 47.3. The molecule has 0 atom stereocenters. The Morgan fingerprint density at radius 1 is 0.962 bits per heavy atom. The molecule has 0 saturated heterocycles. The van der Waals surface area contributed by atoms with Crippen LogP contribution in [0.1, 0.15) is 5.69 Å². The molecule has 4 rings (SSSR count). The quantitative estimate of drug-likeness (QED) is 0.545. The van der Waals surface area contributed by atoms with Gasteiger partial charge in [-0.2, -0.15) is 0 Å². The highest BCUT2D eigenvalue weighted by Crippen LogP contribution is 2.23. The van der Waals surface area contributed by atoms with Crippen molar-refractivity contribution in [2.24, 2.45) is 0 Å². The number of aromatic nitrogens is 3. The van der Waals surface area contributed by atoms with Crippen molar-refractivity contribution in [1.82, 2.24) is 14.4 Å². The molecule has 2 aromatic carbocycles. The lowest BCUT2D eigenvalue weighted by molar-refractivity contribution is 0.300. The largest absolute Gasteiger partial charge is 0.487 e. The normalized spacial score (nSPS) is 11.0. The highest BCUT2D eigenvalue weighted by atomic mass is 19.1. The number of rotatable bonds is 4. The fourth-order valence-electron chi connectivity index (χ4n) is 2.58. The van der Waals surface area contributed by atoms with Gasteiger partial charge in [-0.1, -0.05) is 6.07 Å². The van der Waals surface area contributed by atoms with Crippen LogP contribution >= 0.6 is 0 Å². The van der Waals surface area contributed by atoms with Gasteiger partial charge in [-0.15, -0.1) is 0 Å². The number of imidazole rings is 1. The topological polar surface area (TPSA) is 39.4 Å². The Morgan fingerprint density at radius 3 is 2.62 bits per heavy atom. The molecule has 2 aromatic heterocycles. The molecule has 7 heteroatoms. The smallest absolute Gasteiger partial charge is 0.234 e. The van der Waals surface area contributed by atoms with Crippen LogP contribution in [0, 0.1) is 17.5 Å². The minimum Gasteiger partial charge on any atom is -0.487 e. The molecule has 0 bridgehead atoms. The summed E-state index contributed by atoms with van der Waals surface area (Å²) in [5.74, 6) is -0.885. The molecule has 0 aliphatic carbocycles. The monoisotopic (exact) mass is 355 g/mol. The van der Waals surface area contributed by atoms with Gasteiger partial charge >= 0.3 is 0 Å². The Labute approximate surface area is 146 Å². The van der Waals surface area contributed by atoms with E-state index in [0.717, 1.165) is 6.07 Å². The fourth-order valence-corrected chi connectivity index (χ4v) is 2.58. The van der Waals surface area contributed by atoms with E-state index in [4.69, 9.17) is 4.74 Å². The Kier molecular flexibility index (Phi) is 4.04. The Morgan fingerprint density at radius 2 is 1.81 bits per heavy atom. The number of hydrogen-bond donors (Lipinski definition) is 0. The van der Waals surface area contributed by atoms with Gasteiger partial charge in [0, 0.05) is 41.9 Å². The summed E-state index contributed by atoms with van der Waals surface area (Å²) in [6.45, 7) is 0.132. The second-order valence-electron chi connectivity index (χ2n) is 5.65. The van der Waals surface area contributed by atoms with Crippen LogP contribution in [0.2, 0.25) is 0 Å². The molecule has 0 fully saturated rings. The van der Waals surface area contributed by atoms with Crippen molar-refractivity contribution in [2.45, 2.75) is 6.61 Å².